The average molecular weight is 409 g/mol. The molecule has 158 valence electrons. The highest BCUT2D eigenvalue weighted by atomic mass is 19.4. The van der Waals surface area contributed by atoms with Crippen LogP contribution in [0.1, 0.15) is 44.6 Å². The van der Waals surface area contributed by atoms with Gasteiger partial charge in [-0.3, -0.25) is 4.79 Å². The zero-order chi connectivity index (χ0) is 21.2. The van der Waals surface area contributed by atoms with E-state index in [-0.39, 0.29) is 13.0 Å². The average Bonchev–Trinajstić information content (AvgIpc) is 2.63. The van der Waals surface area contributed by atoms with E-state index in [1.807, 2.05) is 6.92 Å². The Balaban J connectivity index is 2.76. The van der Waals surface area contributed by atoms with Gasteiger partial charge in [-0.05, 0) is 12.0 Å². The second-order valence-corrected chi connectivity index (χ2v) is 6.37. The predicted molar refractivity (Wildman–Crippen MR) is 92.8 cm³/mol. The molecule has 1 aromatic carbocycles. The zero-order valence-electron chi connectivity index (χ0n) is 15.5. The first kappa shape index (κ1) is 23.8. The molecule has 0 fully saturated rings. The summed E-state index contributed by atoms with van der Waals surface area (Å²) >= 11 is 0. The number of rotatable bonds is 11. The number of amides is 1. The lowest BCUT2D eigenvalue weighted by Crippen LogP contribution is -2.55. The van der Waals surface area contributed by atoms with Crippen molar-refractivity contribution in [2.24, 2.45) is 0 Å². The van der Waals surface area contributed by atoms with E-state index in [9.17, 15) is 31.5 Å². The summed E-state index contributed by atoms with van der Waals surface area (Å²) in [4.78, 5) is 23.7. The second kappa shape index (κ2) is 11.0. The van der Waals surface area contributed by atoms with E-state index in [1.54, 1.807) is 30.3 Å². The predicted octanol–water partition coefficient (Wildman–Crippen LogP) is 4.43. The largest absolute Gasteiger partial charge is 0.464 e. The molecule has 0 bridgehead atoms. The van der Waals surface area contributed by atoms with Crippen molar-refractivity contribution in [3.63, 3.8) is 0 Å². The van der Waals surface area contributed by atoms with Gasteiger partial charge in [0, 0.05) is 6.42 Å². The van der Waals surface area contributed by atoms with E-state index in [0.717, 1.165) is 25.7 Å². The number of esters is 1. The molecule has 0 saturated heterocycles. The van der Waals surface area contributed by atoms with Gasteiger partial charge in [0.1, 0.15) is 6.04 Å². The Bertz CT molecular complexity index is 620. The molecule has 1 aromatic rings. The number of alkyl halides is 5. The van der Waals surface area contributed by atoms with Crippen LogP contribution in [-0.4, -0.2) is 36.6 Å². The van der Waals surface area contributed by atoms with Crippen LogP contribution < -0.4 is 5.32 Å². The van der Waals surface area contributed by atoms with Crippen LogP contribution in [0.4, 0.5) is 22.0 Å². The molecular formula is C19H24F5NO3. The van der Waals surface area contributed by atoms with Crippen LogP contribution in [0.15, 0.2) is 30.3 Å². The molecule has 1 rings (SSSR count). The highest BCUT2D eigenvalue weighted by Gasteiger charge is 2.63. The summed E-state index contributed by atoms with van der Waals surface area (Å²) in [5, 5.41) is 1.49. The summed E-state index contributed by atoms with van der Waals surface area (Å²) in [5.41, 5.74) is 0.475. The fraction of sp³-hybridized carbons (Fsp3) is 0.579. The Kier molecular flexibility index (Phi) is 9.34. The molecule has 1 unspecified atom stereocenters. The molecule has 9 heteroatoms. The topological polar surface area (TPSA) is 55.4 Å². The van der Waals surface area contributed by atoms with Crippen molar-refractivity contribution in [3.05, 3.63) is 35.9 Å². The number of benzene rings is 1. The van der Waals surface area contributed by atoms with Crippen LogP contribution in [-0.2, 0) is 20.7 Å². The van der Waals surface area contributed by atoms with E-state index in [1.165, 1.54) is 5.32 Å². The highest BCUT2D eigenvalue weighted by Crippen LogP contribution is 2.35. The van der Waals surface area contributed by atoms with Gasteiger partial charge in [-0.15, -0.1) is 0 Å². The second-order valence-electron chi connectivity index (χ2n) is 6.37. The molecule has 1 N–H and O–H groups in total. The van der Waals surface area contributed by atoms with Crippen molar-refractivity contribution >= 4 is 11.9 Å². The van der Waals surface area contributed by atoms with E-state index in [0.29, 0.717) is 12.0 Å². The fourth-order valence-electron chi connectivity index (χ4n) is 2.40. The number of carbonyl (C=O) groups excluding carboxylic acids is 2. The summed E-state index contributed by atoms with van der Waals surface area (Å²) in [6, 6.07) is 6.34. The Labute approximate surface area is 160 Å². The van der Waals surface area contributed by atoms with Crippen molar-refractivity contribution in [1.29, 1.82) is 0 Å². The molecule has 0 aliphatic heterocycles. The number of ether oxygens (including phenoxy) is 1. The summed E-state index contributed by atoms with van der Waals surface area (Å²) in [6.45, 7) is 2.03. The molecule has 0 radical (unpaired) electrons. The summed E-state index contributed by atoms with van der Waals surface area (Å²) in [5.74, 6) is -9.24. The smallest absolute Gasteiger partial charge is 0.463 e. The maximum atomic E-state index is 13.2. The van der Waals surface area contributed by atoms with Crippen molar-refractivity contribution in [1.82, 2.24) is 5.32 Å². The minimum atomic E-state index is -6.06. The zero-order valence-corrected chi connectivity index (χ0v) is 15.5. The number of halogens is 5. The fourth-order valence-corrected chi connectivity index (χ4v) is 2.40. The summed E-state index contributed by atoms with van der Waals surface area (Å²) < 4.78 is 68.6. The molecule has 1 atom stereocenters. The lowest BCUT2D eigenvalue weighted by atomic mass is 10.1. The first-order valence-electron chi connectivity index (χ1n) is 9.05. The minimum Gasteiger partial charge on any atom is -0.464 e. The molecule has 0 aliphatic rings. The van der Waals surface area contributed by atoms with Crippen LogP contribution >= 0.6 is 0 Å². The molecule has 0 aliphatic carbocycles. The number of hydrogen-bond donors (Lipinski definition) is 1. The Morgan fingerprint density at radius 3 is 2.18 bits per heavy atom. The molecular weight excluding hydrogens is 385 g/mol. The van der Waals surface area contributed by atoms with E-state index in [2.05, 4.69) is 0 Å². The van der Waals surface area contributed by atoms with Crippen molar-refractivity contribution in [2.75, 3.05) is 6.61 Å². The highest BCUT2D eigenvalue weighted by molar-refractivity contribution is 5.89. The van der Waals surface area contributed by atoms with Gasteiger partial charge in [-0.1, -0.05) is 62.9 Å². The Morgan fingerprint density at radius 2 is 1.61 bits per heavy atom. The number of carbonyl (C=O) groups is 2. The van der Waals surface area contributed by atoms with Gasteiger partial charge in [0.15, 0.2) is 0 Å². The van der Waals surface area contributed by atoms with Gasteiger partial charge in [0.05, 0.1) is 6.61 Å². The van der Waals surface area contributed by atoms with Crippen LogP contribution in [0.5, 0.6) is 0 Å². The van der Waals surface area contributed by atoms with Gasteiger partial charge < -0.3 is 10.1 Å². The van der Waals surface area contributed by atoms with Crippen molar-refractivity contribution in [2.45, 2.75) is 63.6 Å². The maximum Gasteiger partial charge on any atom is 0.463 e. The molecule has 0 heterocycles. The molecule has 0 saturated carbocycles. The number of unbranched alkanes of at least 4 members (excludes halogenated alkanes) is 4. The summed E-state index contributed by atoms with van der Waals surface area (Å²) in [7, 11) is 0. The first-order chi connectivity index (χ1) is 13.1. The molecule has 1 amide bonds. The monoisotopic (exact) mass is 409 g/mol. The normalized spacial score (nSPS) is 13.1. The van der Waals surface area contributed by atoms with Crippen molar-refractivity contribution < 1.29 is 36.3 Å². The van der Waals surface area contributed by atoms with Gasteiger partial charge in [0.2, 0.25) is 0 Å². The van der Waals surface area contributed by atoms with Crippen LogP contribution in [0.2, 0.25) is 0 Å². The standard InChI is InChI=1S/C19H24F5NO3/c1-2-3-4-5-9-12-28-16(26)15(13-14-10-7-6-8-11-14)25-17(27)18(20,21)19(22,23)24/h6-8,10-11,15H,2-5,9,12-13H2,1H3,(H,25,27). The third-order valence-corrected chi connectivity index (χ3v) is 4.01. The molecule has 28 heavy (non-hydrogen) atoms. The maximum absolute atomic E-state index is 13.2. The molecule has 4 nitrogen and oxygen atoms in total. The first-order valence-corrected chi connectivity index (χ1v) is 9.05. The number of hydrogen-bond acceptors (Lipinski definition) is 3. The lowest BCUT2D eigenvalue weighted by Gasteiger charge is -2.23. The molecule has 0 spiro atoms. The van der Waals surface area contributed by atoms with E-state index < -0.39 is 30.0 Å². The van der Waals surface area contributed by atoms with Gasteiger partial charge >= 0.3 is 24.0 Å². The van der Waals surface area contributed by atoms with Crippen LogP contribution in [0, 0.1) is 0 Å². The molecule has 0 aromatic heterocycles. The van der Waals surface area contributed by atoms with E-state index in [4.69, 9.17) is 4.74 Å². The lowest BCUT2D eigenvalue weighted by molar-refractivity contribution is -0.270. The Hall–Kier alpha value is -2.19. The third kappa shape index (κ3) is 7.44. The van der Waals surface area contributed by atoms with Gasteiger partial charge in [0.25, 0.3) is 0 Å². The Morgan fingerprint density at radius 1 is 1.00 bits per heavy atom. The third-order valence-electron chi connectivity index (χ3n) is 4.01. The van der Waals surface area contributed by atoms with E-state index >= 15 is 0 Å². The van der Waals surface area contributed by atoms with Gasteiger partial charge in [-0.2, -0.15) is 22.0 Å². The SMILES string of the molecule is CCCCCCCOC(=O)C(Cc1ccccc1)NC(=O)C(F)(F)C(F)(F)F. The van der Waals surface area contributed by atoms with Crippen molar-refractivity contribution in [3.8, 4) is 0 Å². The number of nitrogens with one attached hydrogen (secondary N) is 1. The minimum absolute atomic E-state index is 0.000624. The quantitative estimate of drug-likeness (QED) is 0.334. The van der Waals surface area contributed by atoms with Gasteiger partial charge in [-0.25, -0.2) is 4.79 Å². The van der Waals surface area contributed by atoms with Crippen LogP contribution in [0.25, 0.3) is 0 Å². The summed E-state index contributed by atoms with van der Waals surface area (Å²) in [6.07, 6.45) is -2.01. The van der Waals surface area contributed by atoms with Crippen LogP contribution in [0.3, 0.4) is 0 Å².